The maximum absolute atomic E-state index is 11.4. The second-order valence-electron chi connectivity index (χ2n) is 7.27. The van der Waals surface area contributed by atoms with E-state index in [1.807, 2.05) is 6.07 Å². The molecular formula is C22H18Cl2N6O4S. The monoisotopic (exact) mass is 532 g/mol. The van der Waals surface area contributed by atoms with Crippen LogP contribution in [0.3, 0.4) is 0 Å². The van der Waals surface area contributed by atoms with Crippen molar-refractivity contribution in [2.75, 3.05) is 23.5 Å². The van der Waals surface area contributed by atoms with Crippen LogP contribution in [0.4, 0.5) is 5.95 Å². The zero-order chi connectivity index (χ0) is 25.0. The van der Waals surface area contributed by atoms with E-state index in [0.29, 0.717) is 17.1 Å². The fourth-order valence-electron chi connectivity index (χ4n) is 3.23. The van der Waals surface area contributed by atoms with Gasteiger partial charge in [-0.1, -0.05) is 11.6 Å². The highest BCUT2D eigenvalue weighted by Crippen LogP contribution is 2.33. The van der Waals surface area contributed by atoms with E-state index in [0.717, 1.165) is 17.2 Å². The normalized spacial score (nSPS) is 11.3. The van der Waals surface area contributed by atoms with Gasteiger partial charge in [0.2, 0.25) is 16.0 Å². The molecule has 2 aromatic heterocycles. The number of hydrogen-bond donors (Lipinski definition) is 1. The molecule has 0 unspecified atom stereocenters. The summed E-state index contributed by atoms with van der Waals surface area (Å²) in [6, 6.07) is 12.4. The molecule has 1 N–H and O–H groups in total. The first-order chi connectivity index (χ1) is 16.8. The molecule has 0 aliphatic carbocycles. The minimum atomic E-state index is -3.48. The Kier molecular flexibility index (Phi) is 7.25. The molecule has 180 valence electrons. The number of hydrogen-bond acceptors (Lipinski definition) is 8. The number of ether oxygens (including phenoxy) is 2. The summed E-state index contributed by atoms with van der Waals surface area (Å²) in [7, 11) is -3.48. The highest BCUT2D eigenvalue weighted by molar-refractivity contribution is 7.91. The minimum absolute atomic E-state index is 0.0280. The molecule has 10 nitrogen and oxygen atoms in total. The fraction of sp³-hybridized carbons (Fsp3) is 0.182. The van der Waals surface area contributed by atoms with Gasteiger partial charge in [0.25, 0.3) is 0 Å². The van der Waals surface area contributed by atoms with E-state index in [4.69, 9.17) is 32.7 Å². The molecule has 2 heterocycles. The van der Waals surface area contributed by atoms with Crippen LogP contribution in [0.5, 0.6) is 11.5 Å². The smallest absolute Gasteiger partial charge is 0.236 e. The lowest BCUT2D eigenvalue weighted by Crippen LogP contribution is -2.13. The van der Waals surface area contributed by atoms with Crippen LogP contribution in [0.15, 0.2) is 48.8 Å². The lowest BCUT2D eigenvalue weighted by Gasteiger charge is -2.12. The van der Waals surface area contributed by atoms with Crippen LogP contribution in [0.25, 0.3) is 16.6 Å². The summed E-state index contributed by atoms with van der Waals surface area (Å²) in [4.78, 5) is 8.01. The highest BCUT2D eigenvalue weighted by atomic mass is 35.5. The number of nitrogens with one attached hydrogen (secondary N) is 1. The van der Waals surface area contributed by atoms with Crippen molar-refractivity contribution in [1.82, 2.24) is 19.7 Å². The average Bonchev–Trinajstić information content (AvgIpc) is 3.24. The Hall–Kier alpha value is -3.59. The zero-order valence-corrected chi connectivity index (χ0v) is 20.6. The van der Waals surface area contributed by atoms with E-state index < -0.39 is 10.0 Å². The summed E-state index contributed by atoms with van der Waals surface area (Å²) in [6.45, 7) is 0.332. The van der Waals surface area contributed by atoms with Crippen LogP contribution in [-0.4, -0.2) is 46.9 Å². The Morgan fingerprint density at radius 3 is 2.77 bits per heavy atom. The summed E-state index contributed by atoms with van der Waals surface area (Å²) in [6.07, 6.45) is 4.13. The van der Waals surface area contributed by atoms with Crippen LogP contribution in [0.2, 0.25) is 5.02 Å². The number of benzene rings is 2. The van der Waals surface area contributed by atoms with Crippen LogP contribution in [-0.2, 0) is 16.6 Å². The number of aromatic nitrogens is 4. The zero-order valence-electron chi connectivity index (χ0n) is 18.3. The third-order valence-electron chi connectivity index (χ3n) is 4.63. The number of fused-ring (bicyclic) bond motifs is 1. The summed E-state index contributed by atoms with van der Waals surface area (Å²) in [5.74, 6) is 1.09. The Morgan fingerprint density at radius 1 is 1.20 bits per heavy atom. The van der Waals surface area contributed by atoms with Crippen molar-refractivity contribution in [2.45, 2.75) is 6.61 Å². The Balaban J connectivity index is 1.55. The maximum Gasteiger partial charge on any atom is 0.236 e. The van der Waals surface area contributed by atoms with Crippen molar-refractivity contribution >= 4 is 50.1 Å². The van der Waals surface area contributed by atoms with Crippen molar-refractivity contribution in [2.24, 2.45) is 0 Å². The second-order valence-corrected chi connectivity index (χ2v) is 9.80. The predicted molar refractivity (Wildman–Crippen MR) is 132 cm³/mol. The molecule has 13 heteroatoms. The van der Waals surface area contributed by atoms with Gasteiger partial charge in [0.05, 0.1) is 45.8 Å². The number of halogens is 2. The molecule has 0 amide bonds. The Morgan fingerprint density at radius 2 is 2.03 bits per heavy atom. The van der Waals surface area contributed by atoms with E-state index >= 15 is 0 Å². The van der Waals surface area contributed by atoms with Gasteiger partial charge >= 0.3 is 0 Å². The summed E-state index contributed by atoms with van der Waals surface area (Å²) in [5.41, 5.74) is 2.14. The first-order valence-electron chi connectivity index (χ1n) is 10.1. The third-order valence-corrected chi connectivity index (χ3v) is 5.62. The number of rotatable bonds is 9. The molecule has 0 fully saturated rings. The molecule has 0 saturated carbocycles. The van der Waals surface area contributed by atoms with Gasteiger partial charge in [-0.15, -0.1) is 11.6 Å². The summed E-state index contributed by atoms with van der Waals surface area (Å²) >= 11 is 12.0. The van der Waals surface area contributed by atoms with Gasteiger partial charge in [-0.25, -0.2) is 23.1 Å². The van der Waals surface area contributed by atoms with Gasteiger partial charge in [0.15, 0.2) is 5.75 Å². The molecule has 0 spiro atoms. The number of nitriles is 1. The number of anilines is 1. The van der Waals surface area contributed by atoms with Crippen molar-refractivity contribution in [3.8, 4) is 23.3 Å². The second kappa shape index (κ2) is 10.4. The molecule has 4 rings (SSSR count). The minimum Gasteiger partial charge on any atom is -0.489 e. The van der Waals surface area contributed by atoms with E-state index in [2.05, 4.69) is 25.9 Å². The van der Waals surface area contributed by atoms with Crippen molar-refractivity contribution in [1.29, 1.82) is 5.26 Å². The quantitative estimate of drug-likeness (QED) is 0.321. The molecule has 35 heavy (non-hydrogen) atoms. The highest BCUT2D eigenvalue weighted by Gasteiger charge is 2.15. The number of nitrogens with zero attached hydrogens (tertiary/aromatic N) is 5. The molecule has 0 radical (unpaired) electrons. The largest absolute Gasteiger partial charge is 0.489 e. The van der Waals surface area contributed by atoms with E-state index in [1.165, 1.54) is 6.20 Å². The lowest BCUT2D eigenvalue weighted by atomic mass is 10.2. The topological polar surface area (TPSA) is 132 Å². The van der Waals surface area contributed by atoms with Gasteiger partial charge in [-0.3, -0.25) is 4.72 Å². The van der Waals surface area contributed by atoms with Crippen molar-refractivity contribution < 1.29 is 17.9 Å². The van der Waals surface area contributed by atoms with Gasteiger partial charge in [0, 0.05) is 11.6 Å². The summed E-state index contributed by atoms with van der Waals surface area (Å²) < 4.78 is 37.9. The van der Waals surface area contributed by atoms with Crippen LogP contribution in [0.1, 0.15) is 11.3 Å². The van der Waals surface area contributed by atoms with Gasteiger partial charge in [-0.2, -0.15) is 10.4 Å². The Bertz CT molecular complexity index is 1530. The molecule has 0 aliphatic rings. The van der Waals surface area contributed by atoms with Crippen LogP contribution < -0.4 is 14.2 Å². The third kappa shape index (κ3) is 5.92. The van der Waals surface area contributed by atoms with Crippen molar-refractivity contribution in [3.05, 3.63) is 65.1 Å². The van der Waals surface area contributed by atoms with Gasteiger partial charge in [0.1, 0.15) is 25.0 Å². The SMILES string of the molecule is CS(=O)(=O)Nc1nccc(COc2ccc3c(cnn3-c3cc(Cl)c(OCCCl)c(C#N)c3)c2)n1. The van der Waals surface area contributed by atoms with Crippen LogP contribution >= 0.6 is 23.2 Å². The number of sulfonamides is 1. The summed E-state index contributed by atoms with van der Waals surface area (Å²) in [5, 5.41) is 15.0. The Labute approximate surface area is 211 Å². The molecule has 4 aromatic rings. The maximum atomic E-state index is 11.4. The van der Waals surface area contributed by atoms with E-state index in [-0.39, 0.29) is 41.4 Å². The average molecular weight is 533 g/mol. The fourth-order valence-corrected chi connectivity index (χ4v) is 4.00. The standard InChI is InChI=1S/C22H18Cl2N6O4S/c1-35(31,32)29-22-26-6-4-16(28-22)13-34-18-2-3-20-15(9-18)12-27-30(20)17-8-14(11-25)21(19(24)10-17)33-7-5-23/h2-4,6,8-10,12H,5,7,13H2,1H3,(H,26,28,29). The van der Waals surface area contributed by atoms with Crippen molar-refractivity contribution in [3.63, 3.8) is 0 Å². The molecule has 0 saturated heterocycles. The first kappa shape index (κ1) is 24.5. The van der Waals surface area contributed by atoms with E-state index in [9.17, 15) is 13.7 Å². The van der Waals surface area contributed by atoms with Crippen LogP contribution in [0, 0.1) is 11.3 Å². The van der Waals surface area contributed by atoms with Gasteiger partial charge in [-0.05, 0) is 36.4 Å². The number of alkyl halides is 1. The first-order valence-corrected chi connectivity index (χ1v) is 12.9. The molecule has 0 aliphatic heterocycles. The predicted octanol–water partition coefficient (Wildman–Crippen LogP) is 3.91. The molecular weight excluding hydrogens is 515 g/mol. The molecule has 0 atom stereocenters. The molecule has 2 aromatic carbocycles. The lowest BCUT2D eigenvalue weighted by molar-refractivity contribution is 0.301. The molecule has 0 bridgehead atoms. The van der Waals surface area contributed by atoms with Gasteiger partial charge < -0.3 is 9.47 Å². The van der Waals surface area contributed by atoms with E-state index in [1.54, 1.807) is 41.2 Å².